The van der Waals surface area contributed by atoms with Gasteiger partial charge in [0.05, 0.1) is 5.41 Å². The van der Waals surface area contributed by atoms with Gasteiger partial charge in [0.15, 0.2) is 6.61 Å². The predicted molar refractivity (Wildman–Crippen MR) is 100 cm³/mol. The number of hydrogen-bond donors (Lipinski definition) is 0. The Kier molecular flexibility index (Phi) is 6.07. The number of ether oxygens (including phenoxy) is 1. The zero-order chi connectivity index (χ0) is 20.1. The molecule has 3 rings (SSSR count). The van der Waals surface area contributed by atoms with Crippen LogP contribution in [0.15, 0.2) is 48.5 Å². The molecule has 0 radical (unpaired) electrons. The third kappa shape index (κ3) is 4.38. The maximum atomic E-state index is 13.3. The number of likely N-dealkylation sites (N-methyl/N-ethyl adjacent to an activating group) is 1. The van der Waals surface area contributed by atoms with Crippen molar-refractivity contribution in [2.75, 3.05) is 13.7 Å². The van der Waals surface area contributed by atoms with Crippen LogP contribution in [0.25, 0.3) is 0 Å². The van der Waals surface area contributed by atoms with Crippen LogP contribution >= 0.6 is 0 Å². The van der Waals surface area contributed by atoms with Crippen molar-refractivity contribution in [3.63, 3.8) is 0 Å². The van der Waals surface area contributed by atoms with Gasteiger partial charge < -0.3 is 9.64 Å². The number of esters is 1. The molecule has 1 saturated carbocycles. The lowest BCUT2D eigenvalue weighted by atomic mass is 9.79. The van der Waals surface area contributed by atoms with Gasteiger partial charge in [0, 0.05) is 13.6 Å². The average Bonchev–Trinajstić information content (AvgIpc) is 3.17. The Morgan fingerprint density at radius 3 is 2.36 bits per heavy atom. The molecule has 0 aromatic heterocycles. The molecule has 148 valence electrons. The van der Waals surface area contributed by atoms with Crippen LogP contribution in [-0.2, 0) is 26.3 Å². The number of hydrogen-bond acceptors (Lipinski definition) is 3. The zero-order valence-corrected chi connectivity index (χ0v) is 15.8. The van der Waals surface area contributed by atoms with E-state index < -0.39 is 11.4 Å². The number of carbonyl (C=O) groups is 2. The molecule has 2 aromatic carbocycles. The molecule has 1 fully saturated rings. The standard InChI is InChI=1S/C22H23F2NO3/c1-25(14-16-5-4-6-19(24)13-16)20(26)15-28-21(27)22(11-2-3-12-22)17-7-9-18(23)10-8-17/h4-10,13H,2-3,11-12,14-15H2,1H3. The molecular weight excluding hydrogens is 364 g/mol. The number of carbonyl (C=O) groups excluding carboxylic acids is 2. The first-order valence-electron chi connectivity index (χ1n) is 9.32. The van der Waals surface area contributed by atoms with E-state index in [1.807, 2.05) is 0 Å². The second-order valence-corrected chi connectivity index (χ2v) is 7.25. The van der Waals surface area contributed by atoms with Gasteiger partial charge in [0.25, 0.3) is 5.91 Å². The van der Waals surface area contributed by atoms with Crippen LogP contribution in [0, 0.1) is 11.6 Å². The van der Waals surface area contributed by atoms with Gasteiger partial charge in [-0.3, -0.25) is 9.59 Å². The summed E-state index contributed by atoms with van der Waals surface area (Å²) in [4.78, 5) is 26.6. The van der Waals surface area contributed by atoms with Gasteiger partial charge in [-0.2, -0.15) is 0 Å². The Morgan fingerprint density at radius 1 is 1.04 bits per heavy atom. The summed E-state index contributed by atoms with van der Waals surface area (Å²) in [5.41, 5.74) is 0.549. The lowest BCUT2D eigenvalue weighted by molar-refractivity contribution is -0.156. The van der Waals surface area contributed by atoms with Gasteiger partial charge >= 0.3 is 5.97 Å². The Morgan fingerprint density at radius 2 is 1.71 bits per heavy atom. The van der Waals surface area contributed by atoms with Crippen molar-refractivity contribution in [3.8, 4) is 0 Å². The van der Waals surface area contributed by atoms with Gasteiger partial charge in [0.2, 0.25) is 0 Å². The van der Waals surface area contributed by atoms with Crippen molar-refractivity contribution < 1.29 is 23.1 Å². The van der Waals surface area contributed by atoms with E-state index in [9.17, 15) is 18.4 Å². The Balaban J connectivity index is 1.62. The number of nitrogens with zero attached hydrogens (tertiary/aromatic N) is 1. The van der Waals surface area contributed by atoms with E-state index in [2.05, 4.69) is 0 Å². The number of rotatable bonds is 6. The number of benzene rings is 2. The largest absolute Gasteiger partial charge is 0.455 e. The summed E-state index contributed by atoms with van der Waals surface area (Å²) in [5.74, 6) is -1.55. The summed E-state index contributed by atoms with van der Waals surface area (Å²) < 4.78 is 31.9. The van der Waals surface area contributed by atoms with Crippen molar-refractivity contribution in [2.45, 2.75) is 37.6 Å². The third-order valence-electron chi connectivity index (χ3n) is 5.31. The fraction of sp³-hybridized carbons (Fsp3) is 0.364. The lowest BCUT2D eigenvalue weighted by Crippen LogP contribution is -2.38. The van der Waals surface area contributed by atoms with Gasteiger partial charge in [0.1, 0.15) is 11.6 Å². The molecule has 0 spiro atoms. The number of amides is 1. The molecule has 0 aliphatic heterocycles. The first-order valence-corrected chi connectivity index (χ1v) is 9.32. The fourth-order valence-electron chi connectivity index (χ4n) is 3.73. The second-order valence-electron chi connectivity index (χ2n) is 7.25. The lowest BCUT2D eigenvalue weighted by Gasteiger charge is -2.27. The SMILES string of the molecule is CN(Cc1cccc(F)c1)C(=O)COC(=O)C1(c2ccc(F)cc2)CCCC1. The van der Waals surface area contributed by atoms with Crippen LogP contribution in [0.5, 0.6) is 0 Å². The molecule has 6 heteroatoms. The van der Waals surface area contributed by atoms with E-state index in [0.29, 0.717) is 18.4 Å². The van der Waals surface area contributed by atoms with Crippen LogP contribution < -0.4 is 0 Å². The second kappa shape index (κ2) is 8.50. The molecule has 1 aliphatic carbocycles. The summed E-state index contributed by atoms with van der Waals surface area (Å²) in [6.45, 7) is -0.162. The Hall–Kier alpha value is -2.76. The van der Waals surface area contributed by atoms with Crippen molar-refractivity contribution in [1.82, 2.24) is 4.90 Å². The molecule has 1 aliphatic rings. The molecule has 0 unspecified atom stereocenters. The molecule has 2 aromatic rings. The molecule has 0 bridgehead atoms. The van der Waals surface area contributed by atoms with Crippen LogP contribution in [0.3, 0.4) is 0 Å². The van der Waals surface area contributed by atoms with E-state index in [1.165, 1.54) is 29.2 Å². The van der Waals surface area contributed by atoms with Crippen LogP contribution in [-0.4, -0.2) is 30.4 Å². The highest BCUT2D eigenvalue weighted by Gasteiger charge is 2.44. The highest BCUT2D eigenvalue weighted by molar-refractivity contribution is 5.86. The average molecular weight is 387 g/mol. The summed E-state index contributed by atoms with van der Waals surface area (Å²) in [6.07, 6.45) is 2.98. The topological polar surface area (TPSA) is 46.6 Å². The van der Waals surface area contributed by atoms with E-state index in [0.717, 1.165) is 18.4 Å². The summed E-state index contributed by atoms with van der Waals surface area (Å²) in [5, 5.41) is 0. The molecule has 0 atom stereocenters. The molecular formula is C22H23F2NO3. The Bertz CT molecular complexity index is 845. The van der Waals surface area contributed by atoms with Crippen LogP contribution in [0.2, 0.25) is 0 Å². The summed E-state index contributed by atoms with van der Waals surface area (Å²) >= 11 is 0. The van der Waals surface area contributed by atoms with Gasteiger partial charge in [-0.25, -0.2) is 8.78 Å². The number of halogens is 2. The van der Waals surface area contributed by atoms with Gasteiger partial charge in [-0.15, -0.1) is 0 Å². The normalized spacial score (nSPS) is 15.2. The van der Waals surface area contributed by atoms with Crippen molar-refractivity contribution in [1.29, 1.82) is 0 Å². The molecule has 1 amide bonds. The minimum absolute atomic E-state index is 0.219. The highest BCUT2D eigenvalue weighted by Crippen LogP contribution is 2.42. The van der Waals surface area contributed by atoms with Gasteiger partial charge in [-0.05, 0) is 48.2 Å². The van der Waals surface area contributed by atoms with Crippen molar-refractivity contribution >= 4 is 11.9 Å². The summed E-state index contributed by atoms with van der Waals surface area (Å²) in [7, 11) is 1.58. The van der Waals surface area contributed by atoms with Crippen LogP contribution in [0.4, 0.5) is 8.78 Å². The first kappa shape index (κ1) is 20.0. The molecule has 0 N–H and O–H groups in total. The quantitative estimate of drug-likeness (QED) is 0.705. The molecule has 28 heavy (non-hydrogen) atoms. The summed E-state index contributed by atoms with van der Waals surface area (Å²) in [6, 6.07) is 11.9. The minimum atomic E-state index is -0.824. The maximum Gasteiger partial charge on any atom is 0.317 e. The monoisotopic (exact) mass is 387 g/mol. The third-order valence-corrected chi connectivity index (χ3v) is 5.31. The van der Waals surface area contributed by atoms with Gasteiger partial charge in [-0.1, -0.05) is 37.1 Å². The zero-order valence-electron chi connectivity index (χ0n) is 15.8. The first-order chi connectivity index (χ1) is 13.4. The minimum Gasteiger partial charge on any atom is -0.455 e. The van der Waals surface area contributed by atoms with Crippen LogP contribution in [0.1, 0.15) is 36.8 Å². The Labute approximate surface area is 163 Å². The molecule has 4 nitrogen and oxygen atoms in total. The molecule has 0 saturated heterocycles. The van der Waals surface area contributed by atoms with E-state index in [4.69, 9.17) is 4.74 Å². The maximum absolute atomic E-state index is 13.3. The van der Waals surface area contributed by atoms with E-state index in [-0.39, 0.29) is 30.7 Å². The van der Waals surface area contributed by atoms with E-state index >= 15 is 0 Å². The van der Waals surface area contributed by atoms with Crippen molar-refractivity contribution in [3.05, 3.63) is 71.3 Å². The van der Waals surface area contributed by atoms with E-state index in [1.54, 1.807) is 31.3 Å². The molecule has 0 heterocycles. The predicted octanol–water partition coefficient (Wildman–Crippen LogP) is 3.98. The fourth-order valence-corrected chi connectivity index (χ4v) is 3.73. The van der Waals surface area contributed by atoms with Crippen molar-refractivity contribution in [2.24, 2.45) is 0 Å². The smallest absolute Gasteiger partial charge is 0.317 e. The highest BCUT2D eigenvalue weighted by atomic mass is 19.1.